The summed E-state index contributed by atoms with van der Waals surface area (Å²) < 4.78 is 12.2. The fourth-order valence-corrected chi connectivity index (χ4v) is 7.58. The van der Waals surface area contributed by atoms with Crippen molar-refractivity contribution >= 4 is 17.8 Å². The second-order valence-corrected chi connectivity index (χ2v) is 14.0. The molecule has 2 bridgehead atoms. The first-order valence-electron chi connectivity index (χ1n) is 15.0. The van der Waals surface area contributed by atoms with E-state index >= 15 is 0 Å². The van der Waals surface area contributed by atoms with Crippen molar-refractivity contribution in [3.63, 3.8) is 0 Å². The van der Waals surface area contributed by atoms with Crippen LogP contribution in [0.1, 0.15) is 87.0 Å². The number of esters is 1. The number of amides is 2. The summed E-state index contributed by atoms with van der Waals surface area (Å²) >= 11 is 0. The molecule has 40 heavy (non-hydrogen) atoms. The van der Waals surface area contributed by atoms with E-state index in [1.165, 1.54) is 0 Å². The Morgan fingerprint density at radius 1 is 1.20 bits per heavy atom. The first kappa shape index (κ1) is 32.3. The molecule has 0 aromatic heterocycles. The molecule has 3 saturated heterocycles. The molecule has 2 amide bonds. The van der Waals surface area contributed by atoms with Crippen LogP contribution in [-0.4, -0.2) is 81.8 Å². The quantitative estimate of drug-likeness (QED) is 0.191. The van der Waals surface area contributed by atoms with Gasteiger partial charge < -0.3 is 24.4 Å². The number of aliphatic hydroxyl groups is 1. The van der Waals surface area contributed by atoms with Crippen LogP contribution in [0.15, 0.2) is 25.3 Å². The maximum Gasteiger partial charge on any atom is 0.312 e. The van der Waals surface area contributed by atoms with E-state index in [0.29, 0.717) is 25.8 Å². The number of hydrogen-bond acceptors (Lipinski definition) is 6. The summed E-state index contributed by atoms with van der Waals surface area (Å²) in [4.78, 5) is 45.8. The van der Waals surface area contributed by atoms with E-state index in [-0.39, 0.29) is 36.4 Å². The third-order valence-electron chi connectivity index (χ3n) is 8.88. The minimum atomic E-state index is -1.13. The highest BCUT2D eigenvalue weighted by molar-refractivity contribution is 5.98. The van der Waals surface area contributed by atoms with Gasteiger partial charge in [-0.05, 0) is 63.7 Å². The summed E-state index contributed by atoms with van der Waals surface area (Å²) in [7, 11) is 0. The average molecular weight is 561 g/mol. The average Bonchev–Trinajstić information content (AvgIpc) is 3.48. The van der Waals surface area contributed by atoms with Crippen LogP contribution < -0.4 is 0 Å². The van der Waals surface area contributed by atoms with Gasteiger partial charge in [0.2, 0.25) is 11.8 Å². The van der Waals surface area contributed by atoms with Crippen LogP contribution in [0.25, 0.3) is 0 Å². The van der Waals surface area contributed by atoms with Crippen molar-refractivity contribution in [1.29, 1.82) is 0 Å². The third kappa shape index (κ3) is 6.03. The van der Waals surface area contributed by atoms with Crippen LogP contribution >= 0.6 is 0 Å². The van der Waals surface area contributed by atoms with Crippen LogP contribution in [0.3, 0.4) is 0 Å². The van der Waals surface area contributed by atoms with Crippen LogP contribution in [0.5, 0.6) is 0 Å². The molecule has 3 aliphatic rings. The number of likely N-dealkylation sites (tertiary alicyclic amines) is 1. The van der Waals surface area contributed by atoms with Gasteiger partial charge in [-0.15, -0.1) is 13.2 Å². The molecule has 1 spiro atoms. The number of hydrogen-bond donors (Lipinski definition) is 1. The molecular formula is C32H52N2O6. The number of unbranched alkanes of at least 4 members (excludes halogenated alkanes) is 2. The highest BCUT2D eigenvalue weighted by Crippen LogP contribution is 2.59. The Morgan fingerprint density at radius 3 is 2.42 bits per heavy atom. The monoisotopic (exact) mass is 560 g/mol. The number of fused-ring (bicyclic) bond motifs is 1. The van der Waals surface area contributed by atoms with E-state index < -0.39 is 47.1 Å². The number of rotatable bonds is 14. The van der Waals surface area contributed by atoms with Crippen molar-refractivity contribution in [1.82, 2.24) is 9.80 Å². The fraction of sp³-hybridized carbons (Fsp3) is 0.781. The van der Waals surface area contributed by atoms with Crippen molar-refractivity contribution < 1.29 is 29.0 Å². The van der Waals surface area contributed by atoms with Crippen molar-refractivity contribution in [3.05, 3.63) is 25.3 Å². The fourth-order valence-electron chi connectivity index (χ4n) is 7.58. The summed E-state index contributed by atoms with van der Waals surface area (Å²) in [5.41, 5.74) is -1.73. The predicted molar refractivity (Wildman–Crippen MR) is 155 cm³/mol. The highest BCUT2D eigenvalue weighted by Gasteiger charge is 2.76. The Labute approximate surface area is 241 Å². The Hall–Kier alpha value is -2.19. The Balaban J connectivity index is 2.03. The first-order chi connectivity index (χ1) is 18.7. The van der Waals surface area contributed by atoms with Gasteiger partial charge in [-0.25, -0.2) is 0 Å². The van der Waals surface area contributed by atoms with Crippen molar-refractivity contribution in [3.8, 4) is 0 Å². The Kier molecular flexibility index (Phi) is 9.99. The summed E-state index contributed by atoms with van der Waals surface area (Å²) in [5.74, 6) is -2.63. The van der Waals surface area contributed by atoms with E-state index in [0.717, 1.165) is 19.3 Å². The first-order valence-corrected chi connectivity index (χ1v) is 15.0. The molecule has 0 radical (unpaired) electrons. The molecule has 3 fully saturated rings. The van der Waals surface area contributed by atoms with Gasteiger partial charge in [0, 0.05) is 12.1 Å². The summed E-state index contributed by atoms with van der Waals surface area (Å²) in [6.45, 7) is 22.3. The van der Waals surface area contributed by atoms with Crippen LogP contribution in [0, 0.1) is 23.2 Å². The van der Waals surface area contributed by atoms with Gasteiger partial charge in [0.15, 0.2) is 0 Å². The summed E-state index contributed by atoms with van der Waals surface area (Å²) in [6.07, 6.45) is 7.33. The lowest BCUT2D eigenvalue weighted by atomic mass is 9.70. The van der Waals surface area contributed by atoms with Gasteiger partial charge in [0.25, 0.3) is 0 Å². The van der Waals surface area contributed by atoms with Crippen LogP contribution in [-0.2, 0) is 23.9 Å². The maximum atomic E-state index is 14.7. The van der Waals surface area contributed by atoms with Gasteiger partial charge in [-0.1, -0.05) is 46.8 Å². The van der Waals surface area contributed by atoms with E-state index in [4.69, 9.17) is 9.47 Å². The standard InChI is InChI=1S/C32H52N2O6/c1-10-12-13-14-18-39-29(38)24-23-15-16-32(40-23)25(24)27(36)34(22(19-35)21(3)4)26(32)28(37)33(17-11-2)31(8,9)20-30(5,6)7/h10-11,21-26,35H,1-2,12-20H2,3-9H3/t22-,23-,24+,25-,26?,32?/m0/s1. The molecule has 6 atom stereocenters. The molecule has 0 saturated carbocycles. The maximum absolute atomic E-state index is 14.7. The zero-order valence-electron chi connectivity index (χ0n) is 25.8. The lowest BCUT2D eigenvalue weighted by Gasteiger charge is -2.46. The molecule has 8 heteroatoms. The number of aliphatic hydroxyl groups excluding tert-OH is 1. The largest absolute Gasteiger partial charge is 0.465 e. The second-order valence-electron chi connectivity index (χ2n) is 14.0. The molecule has 0 aliphatic carbocycles. The smallest absolute Gasteiger partial charge is 0.312 e. The molecule has 3 aliphatic heterocycles. The zero-order valence-corrected chi connectivity index (χ0v) is 25.8. The van der Waals surface area contributed by atoms with E-state index in [9.17, 15) is 19.5 Å². The normalized spacial score (nSPS) is 28.5. The third-order valence-corrected chi connectivity index (χ3v) is 8.88. The number of nitrogens with zero attached hydrogens (tertiary/aromatic N) is 2. The molecule has 8 nitrogen and oxygen atoms in total. The molecular weight excluding hydrogens is 508 g/mol. The summed E-state index contributed by atoms with van der Waals surface area (Å²) in [5, 5.41) is 10.4. The van der Waals surface area contributed by atoms with E-state index in [2.05, 4.69) is 33.9 Å². The number of allylic oxidation sites excluding steroid dienone is 1. The summed E-state index contributed by atoms with van der Waals surface area (Å²) in [6, 6.07) is -1.53. The lowest BCUT2D eigenvalue weighted by molar-refractivity contribution is -0.158. The minimum Gasteiger partial charge on any atom is -0.465 e. The molecule has 0 aromatic carbocycles. The topological polar surface area (TPSA) is 96.4 Å². The minimum absolute atomic E-state index is 0.0520. The van der Waals surface area contributed by atoms with Crippen LogP contribution in [0.4, 0.5) is 0 Å². The zero-order chi connectivity index (χ0) is 30.0. The van der Waals surface area contributed by atoms with Crippen molar-refractivity contribution in [2.24, 2.45) is 23.2 Å². The van der Waals surface area contributed by atoms with Gasteiger partial charge in [0.05, 0.1) is 37.2 Å². The Morgan fingerprint density at radius 2 is 1.88 bits per heavy atom. The number of carbonyl (C=O) groups excluding carboxylic acids is 3. The van der Waals surface area contributed by atoms with E-state index in [1.54, 1.807) is 11.0 Å². The van der Waals surface area contributed by atoms with Gasteiger partial charge in [-0.3, -0.25) is 14.4 Å². The highest BCUT2D eigenvalue weighted by atomic mass is 16.6. The van der Waals surface area contributed by atoms with Crippen molar-refractivity contribution in [2.75, 3.05) is 19.8 Å². The van der Waals surface area contributed by atoms with Gasteiger partial charge in [0.1, 0.15) is 11.6 Å². The molecule has 1 N–H and O–H groups in total. The molecule has 0 aromatic rings. The molecule has 3 heterocycles. The van der Waals surface area contributed by atoms with Crippen LogP contribution in [0.2, 0.25) is 0 Å². The van der Waals surface area contributed by atoms with Crippen molar-refractivity contribution in [2.45, 2.75) is 116 Å². The molecule has 2 unspecified atom stereocenters. The second kappa shape index (κ2) is 12.4. The molecule has 226 valence electrons. The SMILES string of the molecule is C=CCCCCOC(=O)[C@@H]1[C@@H]2CCC3(O2)C(C(=O)N(CC=C)C(C)(C)CC(C)(C)C)N([C@@H](CO)C(C)C)C(=O)[C@H]13. The Bertz CT molecular complexity index is 969. The molecule has 3 rings (SSSR count). The predicted octanol–water partition coefficient (Wildman–Crippen LogP) is 4.51. The van der Waals surface area contributed by atoms with Gasteiger partial charge in [-0.2, -0.15) is 0 Å². The number of carbonyl (C=O) groups is 3. The van der Waals surface area contributed by atoms with Gasteiger partial charge >= 0.3 is 5.97 Å². The lowest BCUT2D eigenvalue weighted by Crippen LogP contribution is -2.63. The van der Waals surface area contributed by atoms with E-state index in [1.807, 2.05) is 38.7 Å². The number of ether oxygens (including phenoxy) is 2.